The lowest BCUT2D eigenvalue weighted by Gasteiger charge is -2.19. The Morgan fingerprint density at radius 2 is 1.47 bits per heavy atom. The van der Waals surface area contributed by atoms with Crippen molar-refractivity contribution in [2.45, 2.75) is 33.2 Å². The van der Waals surface area contributed by atoms with Crippen molar-refractivity contribution in [3.8, 4) is 39.5 Å². The van der Waals surface area contributed by atoms with Crippen LogP contribution in [0.5, 0.6) is 17.2 Å². The van der Waals surface area contributed by atoms with E-state index in [-0.39, 0.29) is 29.3 Å². The van der Waals surface area contributed by atoms with E-state index in [4.69, 9.17) is 16.3 Å². The van der Waals surface area contributed by atoms with Crippen molar-refractivity contribution in [2.24, 2.45) is 5.41 Å². The van der Waals surface area contributed by atoms with E-state index < -0.39 is 0 Å². The van der Waals surface area contributed by atoms with Gasteiger partial charge in [0.25, 0.3) is 0 Å². The predicted octanol–water partition coefficient (Wildman–Crippen LogP) is 8.79. The zero-order valence-electron chi connectivity index (χ0n) is 24.0. The maximum Gasteiger partial charge on any atom is 0.317 e. The number of nitrogens with zero attached hydrogens (tertiary/aromatic N) is 1. The molecule has 2 N–H and O–H groups in total. The summed E-state index contributed by atoms with van der Waals surface area (Å²) in [6.07, 6.45) is 4.67. The van der Waals surface area contributed by atoms with Crippen LogP contribution in [0.2, 0.25) is 5.02 Å². The summed E-state index contributed by atoms with van der Waals surface area (Å²) in [5, 5.41) is 20.1. The fourth-order valence-electron chi connectivity index (χ4n) is 5.92. The number of fused-ring (bicyclic) bond motifs is 1. The zero-order valence-corrected chi connectivity index (χ0v) is 24.8. The molecule has 5 nitrogen and oxygen atoms in total. The fourth-order valence-corrected chi connectivity index (χ4v) is 6.04. The van der Waals surface area contributed by atoms with Gasteiger partial charge >= 0.3 is 5.97 Å². The highest BCUT2D eigenvalue weighted by atomic mass is 35.5. The standard InChI is InChI=1S/C37H32ClNO4/c1-37(2)22-33-36(26-6-4-3-5-7-26)35(27-12-14-28(38)15-13-27)32(39(33)23-37)21-34(42)43-31-16-10-24(11-17-31)8-9-25-18-29(40)20-30(41)19-25/h3-20,40-41H,21-23H2,1-2H3. The summed E-state index contributed by atoms with van der Waals surface area (Å²) in [4.78, 5) is 13.5. The van der Waals surface area contributed by atoms with E-state index in [9.17, 15) is 15.0 Å². The van der Waals surface area contributed by atoms with Crippen LogP contribution in [0.1, 0.15) is 36.4 Å². The molecule has 2 heterocycles. The normalized spacial score (nSPS) is 13.7. The maximum atomic E-state index is 13.5. The van der Waals surface area contributed by atoms with E-state index in [1.54, 1.807) is 30.3 Å². The monoisotopic (exact) mass is 589 g/mol. The Morgan fingerprint density at radius 3 is 2.14 bits per heavy atom. The van der Waals surface area contributed by atoms with Crippen molar-refractivity contribution >= 4 is 29.7 Å². The molecule has 6 rings (SSSR count). The molecule has 4 aromatic carbocycles. The van der Waals surface area contributed by atoms with E-state index in [2.05, 4.69) is 30.5 Å². The van der Waals surface area contributed by atoms with Gasteiger partial charge in [-0.25, -0.2) is 0 Å². The first kappa shape index (κ1) is 28.4. The van der Waals surface area contributed by atoms with Gasteiger partial charge < -0.3 is 19.5 Å². The lowest BCUT2D eigenvalue weighted by molar-refractivity contribution is -0.133. The second-order valence-electron chi connectivity index (χ2n) is 11.8. The average molecular weight is 590 g/mol. The number of phenols is 2. The van der Waals surface area contributed by atoms with Gasteiger partial charge in [-0.3, -0.25) is 4.79 Å². The summed E-state index contributed by atoms with van der Waals surface area (Å²) in [5.74, 6) is 0.115. The largest absolute Gasteiger partial charge is 0.508 e. The Hall–Kier alpha value is -4.74. The molecular formula is C37H32ClNO4. The molecule has 0 atom stereocenters. The summed E-state index contributed by atoms with van der Waals surface area (Å²) in [7, 11) is 0. The summed E-state index contributed by atoms with van der Waals surface area (Å²) in [6.45, 7) is 5.34. The molecule has 6 heteroatoms. The average Bonchev–Trinajstić information content (AvgIpc) is 3.43. The molecule has 0 fully saturated rings. The molecule has 5 aromatic rings. The van der Waals surface area contributed by atoms with Gasteiger partial charge in [0, 0.05) is 40.1 Å². The molecule has 0 amide bonds. The number of hydrogen-bond donors (Lipinski definition) is 2. The second kappa shape index (κ2) is 11.5. The Morgan fingerprint density at radius 1 is 0.837 bits per heavy atom. The van der Waals surface area contributed by atoms with E-state index in [0.29, 0.717) is 16.3 Å². The van der Waals surface area contributed by atoms with Crippen LogP contribution in [0.15, 0.2) is 97.1 Å². The molecule has 0 bridgehead atoms. The number of aromatic hydroxyl groups is 2. The van der Waals surface area contributed by atoms with Crippen LogP contribution in [0.3, 0.4) is 0 Å². The number of halogens is 1. The van der Waals surface area contributed by atoms with Gasteiger partial charge in [0.05, 0.1) is 6.42 Å². The van der Waals surface area contributed by atoms with Gasteiger partial charge in [0.15, 0.2) is 0 Å². The van der Waals surface area contributed by atoms with Crippen molar-refractivity contribution in [1.82, 2.24) is 4.57 Å². The van der Waals surface area contributed by atoms with Crippen molar-refractivity contribution in [1.29, 1.82) is 0 Å². The molecule has 0 saturated heterocycles. The van der Waals surface area contributed by atoms with Gasteiger partial charge in [0.1, 0.15) is 17.2 Å². The van der Waals surface area contributed by atoms with Crippen LogP contribution >= 0.6 is 11.6 Å². The van der Waals surface area contributed by atoms with Crippen LogP contribution in [-0.4, -0.2) is 20.7 Å². The first-order valence-electron chi connectivity index (χ1n) is 14.2. The molecule has 216 valence electrons. The number of benzene rings is 4. The molecule has 0 radical (unpaired) electrons. The smallest absolute Gasteiger partial charge is 0.317 e. The number of aromatic nitrogens is 1. The topological polar surface area (TPSA) is 71.7 Å². The Balaban J connectivity index is 1.30. The van der Waals surface area contributed by atoms with Crippen molar-refractivity contribution in [3.63, 3.8) is 0 Å². The minimum atomic E-state index is -0.335. The van der Waals surface area contributed by atoms with Gasteiger partial charge in [0.2, 0.25) is 0 Å². The van der Waals surface area contributed by atoms with Crippen molar-refractivity contribution in [3.05, 3.63) is 125 Å². The highest BCUT2D eigenvalue weighted by Crippen LogP contribution is 2.47. The maximum absolute atomic E-state index is 13.5. The predicted molar refractivity (Wildman–Crippen MR) is 172 cm³/mol. The minimum Gasteiger partial charge on any atom is -0.508 e. The summed E-state index contributed by atoms with van der Waals surface area (Å²) < 4.78 is 8.16. The summed E-state index contributed by atoms with van der Waals surface area (Å²) in [5.41, 5.74) is 8.14. The van der Waals surface area contributed by atoms with E-state index >= 15 is 0 Å². The molecule has 1 aromatic heterocycles. The second-order valence-corrected chi connectivity index (χ2v) is 12.2. The first-order chi connectivity index (χ1) is 20.6. The van der Waals surface area contributed by atoms with Gasteiger partial charge in [-0.2, -0.15) is 0 Å². The number of carbonyl (C=O) groups is 1. The molecule has 1 aliphatic heterocycles. The third kappa shape index (κ3) is 6.23. The van der Waals surface area contributed by atoms with E-state index in [1.807, 2.05) is 60.7 Å². The molecule has 1 aliphatic rings. The van der Waals surface area contributed by atoms with Crippen LogP contribution < -0.4 is 4.74 Å². The minimum absolute atomic E-state index is 0.00536. The molecule has 0 spiro atoms. The third-order valence-corrected chi connectivity index (χ3v) is 7.97. The number of esters is 1. The molecule has 0 aliphatic carbocycles. The summed E-state index contributed by atoms with van der Waals surface area (Å²) >= 11 is 6.25. The quantitative estimate of drug-likeness (QED) is 0.113. The highest BCUT2D eigenvalue weighted by molar-refractivity contribution is 6.30. The van der Waals surface area contributed by atoms with Gasteiger partial charge in [-0.05, 0) is 70.5 Å². The van der Waals surface area contributed by atoms with Gasteiger partial charge in [-0.15, -0.1) is 0 Å². The zero-order chi connectivity index (χ0) is 30.1. The molecule has 0 saturated carbocycles. The first-order valence-corrected chi connectivity index (χ1v) is 14.6. The van der Waals surface area contributed by atoms with Crippen LogP contribution in [0, 0.1) is 5.41 Å². The van der Waals surface area contributed by atoms with Crippen LogP contribution in [-0.2, 0) is 24.2 Å². The number of phenolic OH excluding ortho intramolecular Hbond substituents is 2. The van der Waals surface area contributed by atoms with Crippen molar-refractivity contribution in [2.75, 3.05) is 0 Å². The van der Waals surface area contributed by atoms with E-state index in [0.717, 1.165) is 46.5 Å². The Bertz CT molecular complexity index is 1800. The number of ether oxygens (including phenoxy) is 1. The molecular weight excluding hydrogens is 558 g/mol. The molecule has 0 unspecified atom stereocenters. The SMILES string of the molecule is CC1(C)Cc2c(-c3ccccc3)c(-c3ccc(Cl)cc3)c(CC(=O)Oc3ccc(C=Cc4cc(O)cc(O)c4)cc3)n2C1. The number of hydrogen-bond acceptors (Lipinski definition) is 4. The van der Waals surface area contributed by atoms with E-state index in [1.165, 1.54) is 11.8 Å². The third-order valence-electron chi connectivity index (χ3n) is 7.72. The van der Waals surface area contributed by atoms with Crippen LogP contribution in [0.25, 0.3) is 34.4 Å². The highest BCUT2D eigenvalue weighted by Gasteiger charge is 2.36. The summed E-state index contributed by atoms with van der Waals surface area (Å²) in [6, 6.07) is 29.8. The fraction of sp³-hybridized carbons (Fsp3) is 0.162. The lowest BCUT2D eigenvalue weighted by Crippen LogP contribution is -2.18. The Labute approximate surface area is 256 Å². The molecule has 43 heavy (non-hydrogen) atoms. The number of carbonyl (C=O) groups excluding carboxylic acids is 1. The number of rotatable bonds is 7. The Kier molecular flexibility index (Phi) is 7.59. The van der Waals surface area contributed by atoms with Gasteiger partial charge in [-0.1, -0.05) is 92.2 Å². The van der Waals surface area contributed by atoms with Crippen LogP contribution in [0.4, 0.5) is 0 Å². The lowest BCUT2D eigenvalue weighted by atomic mass is 9.86. The van der Waals surface area contributed by atoms with Crippen molar-refractivity contribution < 1.29 is 19.7 Å².